The van der Waals surface area contributed by atoms with E-state index in [0.717, 1.165) is 6.42 Å². The summed E-state index contributed by atoms with van der Waals surface area (Å²) < 4.78 is 4.85. The average Bonchev–Trinajstić information content (AvgIpc) is 2.12. The molecule has 3 nitrogen and oxygen atoms in total. The van der Waals surface area contributed by atoms with Crippen LogP contribution in [0.2, 0.25) is 0 Å². The lowest BCUT2D eigenvalue weighted by Crippen LogP contribution is -2.06. The number of allylic oxidation sites excluding steroid dienone is 1. The molecule has 0 aromatic heterocycles. The van der Waals surface area contributed by atoms with Crippen molar-refractivity contribution in [3.05, 3.63) is 12.7 Å². The molecule has 3 heteroatoms. The van der Waals surface area contributed by atoms with Crippen LogP contribution in [0.1, 0.15) is 32.6 Å². The van der Waals surface area contributed by atoms with Crippen molar-refractivity contribution >= 4 is 11.8 Å². The molecule has 0 amide bonds. The van der Waals surface area contributed by atoms with Gasteiger partial charge in [-0.25, -0.2) is 0 Å². The van der Waals surface area contributed by atoms with E-state index >= 15 is 0 Å². The molecule has 74 valence electrons. The van der Waals surface area contributed by atoms with Crippen LogP contribution in [0.15, 0.2) is 12.7 Å². The zero-order valence-corrected chi connectivity index (χ0v) is 8.04. The monoisotopic (exact) mass is 184 g/mol. The molecule has 0 aliphatic heterocycles. The van der Waals surface area contributed by atoms with Gasteiger partial charge in [0.1, 0.15) is 0 Å². The summed E-state index contributed by atoms with van der Waals surface area (Å²) in [4.78, 5) is 21.6. The second kappa shape index (κ2) is 7.53. The van der Waals surface area contributed by atoms with Gasteiger partial charge in [-0.15, -0.1) is 0 Å². The highest BCUT2D eigenvalue weighted by atomic mass is 16.5. The maximum Gasteiger partial charge on any atom is 0.305 e. The molecule has 0 aliphatic carbocycles. The zero-order valence-electron chi connectivity index (χ0n) is 8.04. The van der Waals surface area contributed by atoms with Crippen molar-refractivity contribution in [2.75, 3.05) is 6.61 Å². The van der Waals surface area contributed by atoms with Crippen molar-refractivity contribution in [3.8, 4) is 0 Å². The molecule has 0 aliphatic rings. The first-order valence-corrected chi connectivity index (χ1v) is 4.51. The normalized spacial score (nSPS) is 9.31. The van der Waals surface area contributed by atoms with Gasteiger partial charge in [-0.05, 0) is 18.9 Å². The predicted octanol–water partition coefficient (Wildman–Crippen LogP) is 1.86. The SMILES string of the molecule is C=CC(=O)CCCOC(=O)CCC. The predicted molar refractivity (Wildman–Crippen MR) is 50.3 cm³/mol. The molecule has 0 rings (SSSR count). The number of hydrogen-bond donors (Lipinski definition) is 0. The summed E-state index contributed by atoms with van der Waals surface area (Å²) in [5.41, 5.74) is 0. The Hall–Kier alpha value is -1.12. The van der Waals surface area contributed by atoms with Crippen LogP contribution in [0, 0.1) is 0 Å². The number of carbonyl (C=O) groups is 2. The van der Waals surface area contributed by atoms with Crippen LogP contribution < -0.4 is 0 Å². The van der Waals surface area contributed by atoms with Gasteiger partial charge in [0.05, 0.1) is 6.61 Å². The molecule has 0 aromatic rings. The molecule has 0 saturated carbocycles. The van der Waals surface area contributed by atoms with Crippen molar-refractivity contribution in [1.29, 1.82) is 0 Å². The fraction of sp³-hybridized carbons (Fsp3) is 0.600. The zero-order chi connectivity index (χ0) is 10.1. The van der Waals surface area contributed by atoms with E-state index in [4.69, 9.17) is 4.74 Å². The van der Waals surface area contributed by atoms with Crippen molar-refractivity contribution < 1.29 is 14.3 Å². The molecular weight excluding hydrogens is 168 g/mol. The third kappa shape index (κ3) is 7.25. The summed E-state index contributed by atoms with van der Waals surface area (Å²) in [6, 6.07) is 0. The summed E-state index contributed by atoms with van der Waals surface area (Å²) >= 11 is 0. The number of ether oxygens (including phenoxy) is 1. The van der Waals surface area contributed by atoms with E-state index in [9.17, 15) is 9.59 Å². The van der Waals surface area contributed by atoms with Crippen LogP contribution in [0.3, 0.4) is 0 Å². The Bertz CT molecular complexity index is 185. The van der Waals surface area contributed by atoms with E-state index in [2.05, 4.69) is 6.58 Å². The van der Waals surface area contributed by atoms with Gasteiger partial charge < -0.3 is 4.74 Å². The van der Waals surface area contributed by atoms with E-state index in [1.54, 1.807) is 0 Å². The van der Waals surface area contributed by atoms with Gasteiger partial charge in [-0.3, -0.25) is 9.59 Å². The minimum atomic E-state index is -0.187. The Morgan fingerprint density at radius 3 is 2.62 bits per heavy atom. The van der Waals surface area contributed by atoms with Crippen LogP contribution in [-0.4, -0.2) is 18.4 Å². The second-order valence-corrected chi connectivity index (χ2v) is 2.74. The van der Waals surface area contributed by atoms with Crippen LogP contribution >= 0.6 is 0 Å². The Morgan fingerprint density at radius 2 is 2.08 bits per heavy atom. The molecule has 0 heterocycles. The number of rotatable bonds is 7. The third-order valence-corrected chi connectivity index (χ3v) is 1.51. The van der Waals surface area contributed by atoms with Crippen LogP contribution in [0.25, 0.3) is 0 Å². The van der Waals surface area contributed by atoms with Crippen molar-refractivity contribution in [3.63, 3.8) is 0 Å². The molecule has 0 fully saturated rings. The molecule has 0 N–H and O–H groups in total. The highest BCUT2D eigenvalue weighted by Gasteiger charge is 2.00. The van der Waals surface area contributed by atoms with Gasteiger partial charge in [0.2, 0.25) is 0 Å². The van der Waals surface area contributed by atoms with Gasteiger partial charge in [0.15, 0.2) is 5.78 Å². The van der Waals surface area contributed by atoms with E-state index in [0.29, 0.717) is 25.9 Å². The standard InChI is InChI=1S/C10H16O3/c1-3-6-10(12)13-8-5-7-9(11)4-2/h4H,2-3,5-8H2,1H3. The summed E-state index contributed by atoms with van der Waals surface area (Å²) in [6.07, 6.45) is 3.52. The van der Waals surface area contributed by atoms with E-state index < -0.39 is 0 Å². The number of hydrogen-bond acceptors (Lipinski definition) is 3. The average molecular weight is 184 g/mol. The number of carbonyl (C=O) groups excluding carboxylic acids is 2. The van der Waals surface area contributed by atoms with E-state index in [1.807, 2.05) is 6.92 Å². The largest absolute Gasteiger partial charge is 0.466 e. The fourth-order valence-corrected chi connectivity index (χ4v) is 0.811. The summed E-state index contributed by atoms with van der Waals surface area (Å²) in [5, 5.41) is 0. The lowest BCUT2D eigenvalue weighted by Gasteiger charge is -2.01. The summed E-state index contributed by atoms with van der Waals surface area (Å²) in [6.45, 7) is 5.60. The number of ketones is 1. The number of esters is 1. The van der Waals surface area contributed by atoms with Gasteiger partial charge >= 0.3 is 5.97 Å². The van der Waals surface area contributed by atoms with Crippen molar-refractivity contribution in [2.45, 2.75) is 32.6 Å². The van der Waals surface area contributed by atoms with Crippen LogP contribution in [0.5, 0.6) is 0 Å². The lowest BCUT2D eigenvalue weighted by atomic mass is 10.2. The smallest absolute Gasteiger partial charge is 0.305 e. The highest BCUT2D eigenvalue weighted by Crippen LogP contribution is 1.96. The highest BCUT2D eigenvalue weighted by molar-refractivity contribution is 5.88. The molecule has 13 heavy (non-hydrogen) atoms. The quantitative estimate of drug-likeness (QED) is 0.344. The lowest BCUT2D eigenvalue weighted by molar-refractivity contribution is -0.144. The topological polar surface area (TPSA) is 43.4 Å². The molecule has 0 bridgehead atoms. The Labute approximate surface area is 78.8 Å². The van der Waals surface area contributed by atoms with Crippen molar-refractivity contribution in [1.82, 2.24) is 0 Å². The van der Waals surface area contributed by atoms with Crippen LogP contribution in [-0.2, 0) is 14.3 Å². The first-order chi connectivity index (χ1) is 6.20. The molecule has 0 saturated heterocycles. The molecule has 0 radical (unpaired) electrons. The minimum absolute atomic E-state index is 0.00783. The first-order valence-electron chi connectivity index (χ1n) is 4.51. The minimum Gasteiger partial charge on any atom is -0.466 e. The Kier molecular flexibility index (Phi) is 6.88. The Morgan fingerprint density at radius 1 is 1.38 bits per heavy atom. The fourth-order valence-electron chi connectivity index (χ4n) is 0.811. The Balaban J connectivity index is 3.30. The second-order valence-electron chi connectivity index (χ2n) is 2.74. The van der Waals surface area contributed by atoms with Gasteiger partial charge in [-0.2, -0.15) is 0 Å². The van der Waals surface area contributed by atoms with Crippen molar-refractivity contribution in [2.24, 2.45) is 0 Å². The maximum atomic E-state index is 10.8. The first kappa shape index (κ1) is 11.9. The molecule has 0 unspecified atom stereocenters. The van der Waals surface area contributed by atoms with E-state index in [1.165, 1.54) is 6.08 Å². The van der Waals surface area contributed by atoms with Gasteiger partial charge in [-0.1, -0.05) is 13.5 Å². The summed E-state index contributed by atoms with van der Waals surface area (Å²) in [7, 11) is 0. The summed E-state index contributed by atoms with van der Waals surface area (Å²) in [5.74, 6) is -0.194. The van der Waals surface area contributed by atoms with Gasteiger partial charge in [0.25, 0.3) is 0 Å². The molecule has 0 atom stereocenters. The van der Waals surface area contributed by atoms with Crippen LogP contribution in [0.4, 0.5) is 0 Å². The third-order valence-electron chi connectivity index (χ3n) is 1.51. The van der Waals surface area contributed by atoms with E-state index in [-0.39, 0.29) is 11.8 Å². The molecule has 0 spiro atoms. The molecule has 0 aromatic carbocycles. The van der Waals surface area contributed by atoms with Gasteiger partial charge in [0, 0.05) is 12.8 Å². The maximum absolute atomic E-state index is 10.8. The molecular formula is C10H16O3.